The maximum Gasteiger partial charge on any atom is 0.226 e. The average molecular weight is 240 g/mol. The second-order valence-corrected chi connectivity index (χ2v) is 5.08. The molecule has 0 aromatic rings. The lowest BCUT2D eigenvalue weighted by Gasteiger charge is -2.29. The molecule has 3 nitrogen and oxygen atoms in total. The number of rotatable bonds is 7. The van der Waals surface area contributed by atoms with Crippen LogP contribution in [0.1, 0.15) is 52.4 Å². The molecule has 1 saturated heterocycles. The zero-order valence-electron chi connectivity index (χ0n) is 11.5. The summed E-state index contributed by atoms with van der Waals surface area (Å²) in [5, 5.41) is 3.34. The minimum atomic E-state index is 0.234. The largest absolute Gasteiger partial charge is 0.342 e. The fourth-order valence-electron chi connectivity index (χ4n) is 2.35. The van der Waals surface area contributed by atoms with Crippen molar-refractivity contribution in [3.8, 4) is 0 Å². The third kappa shape index (κ3) is 5.07. The number of hydrogen-bond acceptors (Lipinski definition) is 2. The Morgan fingerprint density at radius 3 is 2.35 bits per heavy atom. The zero-order chi connectivity index (χ0) is 12.5. The number of unbranched alkanes of at least 4 members (excludes halogenated alkanes) is 2. The normalized spacial score (nSPS) is 20.2. The first-order valence-electron chi connectivity index (χ1n) is 7.29. The van der Waals surface area contributed by atoms with E-state index in [0.29, 0.717) is 5.91 Å². The highest BCUT2D eigenvalue weighted by Gasteiger charge is 2.25. The second kappa shape index (κ2) is 8.51. The van der Waals surface area contributed by atoms with Crippen LogP contribution in [-0.4, -0.2) is 37.0 Å². The molecule has 0 aromatic heterocycles. The van der Waals surface area contributed by atoms with Gasteiger partial charge in [-0.1, -0.05) is 26.7 Å². The molecule has 1 heterocycles. The van der Waals surface area contributed by atoms with Gasteiger partial charge in [-0.15, -0.1) is 0 Å². The molecule has 0 unspecified atom stereocenters. The van der Waals surface area contributed by atoms with Gasteiger partial charge in [-0.3, -0.25) is 4.79 Å². The van der Waals surface area contributed by atoms with E-state index in [4.69, 9.17) is 0 Å². The molecular formula is C14H28N2O. The Morgan fingerprint density at radius 1 is 1.24 bits per heavy atom. The summed E-state index contributed by atoms with van der Waals surface area (Å²) < 4.78 is 0. The van der Waals surface area contributed by atoms with E-state index in [1.165, 1.54) is 12.8 Å². The third-order valence-corrected chi connectivity index (χ3v) is 3.52. The molecule has 3 heteroatoms. The van der Waals surface area contributed by atoms with Crippen LogP contribution in [0.15, 0.2) is 0 Å². The van der Waals surface area contributed by atoms with Gasteiger partial charge < -0.3 is 10.2 Å². The zero-order valence-corrected chi connectivity index (χ0v) is 11.5. The molecule has 1 aliphatic rings. The second-order valence-electron chi connectivity index (χ2n) is 5.08. The van der Waals surface area contributed by atoms with Crippen LogP contribution < -0.4 is 5.32 Å². The number of piperidine rings is 1. The molecule has 1 fully saturated rings. The fourth-order valence-corrected chi connectivity index (χ4v) is 2.35. The number of hydrogen-bond donors (Lipinski definition) is 1. The summed E-state index contributed by atoms with van der Waals surface area (Å²) >= 11 is 0. The quantitative estimate of drug-likeness (QED) is 0.741. The van der Waals surface area contributed by atoms with Crippen LogP contribution in [0.3, 0.4) is 0 Å². The average Bonchev–Trinajstić information content (AvgIpc) is 2.39. The molecule has 0 aliphatic carbocycles. The van der Waals surface area contributed by atoms with Gasteiger partial charge in [0, 0.05) is 19.6 Å². The van der Waals surface area contributed by atoms with Gasteiger partial charge in [-0.2, -0.15) is 0 Å². The molecule has 1 aliphatic heterocycles. The van der Waals surface area contributed by atoms with Crippen molar-refractivity contribution >= 4 is 5.91 Å². The molecule has 1 rings (SSSR count). The standard InChI is InChI=1S/C14H28N2O/c1-3-5-10-16(11-6-4-2)14(17)13-8-7-9-15-12-13/h13,15H,3-12H2,1-2H3/t13-/m1/s1. The van der Waals surface area contributed by atoms with E-state index in [2.05, 4.69) is 24.1 Å². The molecule has 0 bridgehead atoms. The number of nitrogens with one attached hydrogen (secondary N) is 1. The minimum Gasteiger partial charge on any atom is -0.342 e. The number of carbonyl (C=O) groups excluding carboxylic acids is 1. The Balaban J connectivity index is 2.44. The molecular weight excluding hydrogens is 212 g/mol. The summed E-state index contributed by atoms with van der Waals surface area (Å²) in [7, 11) is 0. The van der Waals surface area contributed by atoms with Crippen LogP contribution in [0.5, 0.6) is 0 Å². The first kappa shape index (κ1) is 14.5. The van der Waals surface area contributed by atoms with Gasteiger partial charge >= 0.3 is 0 Å². The SMILES string of the molecule is CCCCN(CCCC)C(=O)[C@@H]1CCCNC1. The lowest BCUT2D eigenvalue weighted by molar-refractivity contribution is -0.136. The van der Waals surface area contributed by atoms with Gasteiger partial charge in [0.25, 0.3) is 0 Å². The summed E-state index contributed by atoms with van der Waals surface area (Å²) in [6.45, 7) is 8.23. The van der Waals surface area contributed by atoms with E-state index < -0.39 is 0 Å². The van der Waals surface area contributed by atoms with Crippen LogP contribution in [0.25, 0.3) is 0 Å². The first-order valence-corrected chi connectivity index (χ1v) is 7.29. The topological polar surface area (TPSA) is 32.3 Å². The van der Waals surface area contributed by atoms with Crippen molar-refractivity contribution in [2.75, 3.05) is 26.2 Å². The van der Waals surface area contributed by atoms with E-state index in [1.807, 2.05) is 0 Å². The van der Waals surface area contributed by atoms with E-state index in [0.717, 1.165) is 51.9 Å². The Kier molecular flexibility index (Phi) is 7.25. The van der Waals surface area contributed by atoms with E-state index in [-0.39, 0.29) is 5.92 Å². The van der Waals surface area contributed by atoms with Crippen molar-refractivity contribution in [2.45, 2.75) is 52.4 Å². The smallest absolute Gasteiger partial charge is 0.226 e. The summed E-state index contributed by atoms with van der Waals surface area (Å²) in [5.74, 6) is 0.622. The van der Waals surface area contributed by atoms with E-state index in [9.17, 15) is 4.79 Å². The number of amides is 1. The van der Waals surface area contributed by atoms with Gasteiger partial charge in [0.05, 0.1) is 5.92 Å². The summed E-state index contributed by atoms with van der Waals surface area (Å²) in [6, 6.07) is 0. The van der Waals surface area contributed by atoms with Gasteiger partial charge in [-0.05, 0) is 32.2 Å². The van der Waals surface area contributed by atoms with Crippen molar-refractivity contribution in [1.82, 2.24) is 10.2 Å². The molecule has 1 amide bonds. The lowest BCUT2D eigenvalue weighted by Crippen LogP contribution is -2.43. The predicted octanol–water partition coefficient (Wildman–Crippen LogP) is 2.41. The van der Waals surface area contributed by atoms with Crippen molar-refractivity contribution < 1.29 is 4.79 Å². The monoisotopic (exact) mass is 240 g/mol. The minimum absolute atomic E-state index is 0.234. The van der Waals surface area contributed by atoms with E-state index >= 15 is 0 Å². The Hall–Kier alpha value is -0.570. The molecule has 0 aromatic carbocycles. The number of nitrogens with zero attached hydrogens (tertiary/aromatic N) is 1. The summed E-state index contributed by atoms with van der Waals surface area (Å²) in [4.78, 5) is 14.5. The molecule has 0 saturated carbocycles. The maximum absolute atomic E-state index is 12.4. The predicted molar refractivity (Wildman–Crippen MR) is 72.0 cm³/mol. The molecule has 0 radical (unpaired) electrons. The highest BCUT2D eigenvalue weighted by atomic mass is 16.2. The van der Waals surface area contributed by atoms with Crippen molar-refractivity contribution in [1.29, 1.82) is 0 Å². The van der Waals surface area contributed by atoms with Gasteiger partial charge in [-0.25, -0.2) is 0 Å². The molecule has 17 heavy (non-hydrogen) atoms. The van der Waals surface area contributed by atoms with Crippen LogP contribution in [0.2, 0.25) is 0 Å². The maximum atomic E-state index is 12.4. The highest BCUT2D eigenvalue weighted by Crippen LogP contribution is 2.14. The Bertz CT molecular complexity index is 204. The molecule has 0 spiro atoms. The van der Waals surface area contributed by atoms with Crippen molar-refractivity contribution in [3.63, 3.8) is 0 Å². The van der Waals surface area contributed by atoms with E-state index in [1.54, 1.807) is 0 Å². The van der Waals surface area contributed by atoms with Crippen LogP contribution in [-0.2, 0) is 4.79 Å². The Morgan fingerprint density at radius 2 is 1.88 bits per heavy atom. The molecule has 1 atom stereocenters. The molecule has 100 valence electrons. The van der Waals surface area contributed by atoms with Crippen molar-refractivity contribution in [3.05, 3.63) is 0 Å². The third-order valence-electron chi connectivity index (χ3n) is 3.52. The number of carbonyl (C=O) groups is 1. The lowest BCUT2D eigenvalue weighted by atomic mass is 9.98. The first-order chi connectivity index (χ1) is 8.29. The van der Waals surface area contributed by atoms with Gasteiger partial charge in [0.1, 0.15) is 0 Å². The summed E-state index contributed by atoms with van der Waals surface area (Å²) in [5.41, 5.74) is 0. The van der Waals surface area contributed by atoms with Crippen LogP contribution in [0, 0.1) is 5.92 Å². The molecule has 1 N–H and O–H groups in total. The van der Waals surface area contributed by atoms with Crippen molar-refractivity contribution in [2.24, 2.45) is 5.92 Å². The fraction of sp³-hybridized carbons (Fsp3) is 0.929. The van der Waals surface area contributed by atoms with Crippen LogP contribution in [0.4, 0.5) is 0 Å². The summed E-state index contributed by atoms with van der Waals surface area (Å²) in [6.07, 6.45) is 6.81. The van der Waals surface area contributed by atoms with Gasteiger partial charge in [0.15, 0.2) is 0 Å². The highest BCUT2D eigenvalue weighted by molar-refractivity contribution is 5.79. The van der Waals surface area contributed by atoms with Gasteiger partial charge in [0.2, 0.25) is 5.91 Å². The van der Waals surface area contributed by atoms with Crippen LogP contribution >= 0.6 is 0 Å². The Labute approximate surface area is 106 Å².